The molecule has 0 aliphatic carbocycles. The standard InChI is InChI=1S/C19H25F3N2O5S/c1-2-3-4-15-13-28-18(25)24(15)14-9-11-23(12-10-14)30(26,27)17-7-5-16(6-8-17)29-19(20,21)22/h5-8,14-15H,2-4,9-13H2,1H3. The topological polar surface area (TPSA) is 76.2 Å². The number of nitrogens with zero attached hydrogens (tertiary/aromatic N) is 2. The third-order valence-corrected chi connectivity index (χ3v) is 7.32. The summed E-state index contributed by atoms with van der Waals surface area (Å²) < 4.78 is 72.8. The van der Waals surface area contributed by atoms with E-state index in [1.807, 2.05) is 0 Å². The molecule has 11 heteroatoms. The maximum atomic E-state index is 12.8. The van der Waals surface area contributed by atoms with Crippen LogP contribution in [0.15, 0.2) is 29.2 Å². The summed E-state index contributed by atoms with van der Waals surface area (Å²) in [6.07, 6.45) is -1.38. The highest BCUT2D eigenvalue weighted by molar-refractivity contribution is 7.89. The largest absolute Gasteiger partial charge is 0.573 e. The Labute approximate surface area is 173 Å². The molecule has 2 fully saturated rings. The van der Waals surface area contributed by atoms with Gasteiger partial charge in [-0.1, -0.05) is 19.8 Å². The smallest absolute Gasteiger partial charge is 0.447 e. The number of benzene rings is 1. The number of unbranched alkanes of at least 4 members (excludes halogenated alkanes) is 1. The highest BCUT2D eigenvalue weighted by atomic mass is 32.2. The van der Waals surface area contributed by atoms with E-state index in [0.29, 0.717) is 19.4 Å². The van der Waals surface area contributed by atoms with E-state index in [4.69, 9.17) is 4.74 Å². The third-order valence-electron chi connectivity index (χ3n) is 5.41. The Balaban J connectivity index is 1.63. The lowest BCUT2D eigenvalue weighted by Gasteiger charge is -2.37. The third kappa shape index (κ3) is 5.18. The average Bonchev–Trinajstić information content (AvgIpc) is 3.06. The van der Waals surface area contributed by atoms with Gasteiger partial charge >= 0.3 is 12.5 Å². The minimum absolute atomic E-state index is 0.0202. The molecule has 168 valence electrons. The van der Waals surface area contributed by atoms with Crippen LogP contribution in [-0.4, -0.2) is 61.9 Å². The highest BCUT2D eigenvalue weighted by Crippen LogP contribution is 2.30. The summed E-state index contributed by atoms with van der Waals surface area (Å²) >= 11 is 0. The molecule has 0 radical (unpaired) electrons. The van der Waals surface area contributed by atoms with E-state index in [1.165, 1.54) is 4.31 Å². The minimum atomic E-state index is -4.84. The quantitative estimate of drug-likeness (QED) is 0.633. The van der Waals surface area contributed by atoms with Crippen molar-refractivity contribution in [3.63, 3.8) is 0 Å². The van der Waals surface area contributed by atoms with Crippen molar-refractivity contribution in [2.45, 2.75) is 62.4 Å². The number of halogens is 3. The zero-order valence-corrected chi connectivity index (χ0v) is 17.4. The first-order chi connectivity index (χ1) is 14.1. The Kier molecular flexibility index (Phi) is 6.81. The molecule has 0 aromatic heterocycles. The van der Waals surface area contributed by atoms with Gasteiger partial charge in [0.25, 0.3) is 0 Å². The van der Waals surface area contributed by atoms with Crippen molar-refractivity contribution in [1.82, 2.24) is 9.21 Å². The number of cyclic esters (lactones) is 1. The van der Waals surface area contributed by atoms with Crippen LogP contribution in [0.3, 0.4) is 0 Å². The number of alkyl halides is 3. The van der Waals surface area contributed by atoms with E-state index in [9.17, 15) is 26.4 Å². The second-order valence-corrected chi connectivity index (χ2v) is 9.37. The average molecular weight is 450 g/mol. The molecule has 1 amide bonds. The van der Waals surface area contributed by atoms with Gasteiger partial charge in [-0.15, -0.1) is 13.2 Å². The first-order valence-corrected chi connectivity index (χ1v) is 11.4. The molecule has 1 aromatic carbocycles. The minimum Gasteiger partial charge on any atom is -0.447 e. The van der Waals surface area contributed by atoms with Gasteiger partial charge in [-0.25, -0.2) is 13.2 Å². The van der Waals surface area contributed by atoms with Gasteiger partial charge < -0.3 is 9.47 Å². The van der Waals surface area contributed by atoms with Gasteiger partial charge in [-0.2, -0.15) is 4.31 Å². The summed E-state index contributed by atoms with van der Waals surface area (Å²) in [5.41, 5.74) is 0. The molecule has 2 aliphatic rings. The second kappa shape index (κ2) is 9.01. The number of amides is 1. The van der Waals surface area contributed by atoms with Crippen LogP contribution in [-0.2, 0) is 14.8 Å². The first kappa shape index (κ1) is 22.7. The molecule has 7 nitrogen and oxygen atoms in total. The molecule has 1 aromatic rings. The van der Waals surface area contributed by atoms with Gasteiger partial charge in [0, 0.05) is 19.1 Å². The molecule has 2 aliphatic heterocycles. The van der Waals surface area contributed by atoms with Crippen molar-refractivity contribution < 1.29 is 35.9 Å². The first-order valence-electron chi connectivity index (χ1n) is 9.93. The van der Waals surface area contributed by atoms with Crippen LogP contribution in [0.4, 0.5) is 18.0 Å². The molecule has 0 bridgehead atoms. The molecule has 0 spiro atoms. The molecule has 2 heterocycles. The van der Waals surface area contributed by atoms with Crippen LogP contribution >= 0.6 is 0 Å². The van der Waals surface area contributed by atoms with E-state index in [-0.39, 0.29) is 36.2 Å². The van der Waals surface area contributed by atoms with Gasteiger partial charge in [0.1, 0.15) is 12.4 Å². The molecule has 1 atom stereocenters. The van der Waals surface area contributed by atoms with Crippen LogP contribution in [0.1, 0.15) is 39.0 Å². The van der Waals surface area contributed by atoms with Crippen LogP contribution in [0.25, 0.3) is 0 Å². The van der Waals surface area contributed by atoms with E-state index in [0.717, 1.165) is 43.5 Å². The number of ether oxygens (including phenoxy) is 2. The van der Waals surface area contributed by atoms with Crippen molar-refractivity contribution in [2.24, 2.45) is 0 Å². The Hall–Kier alpha value is -2.01. The fraction of sp³-hybridized carbons (Fsp3) is 0.632. The molecule has 3 rings (SSSR count). The van der Waals surface area contributed by atoms with Gasteiger partial charge in [0.15, 0.2) is 0 Å². The number of hydrogen-bond donors (Lipinski definition) is 0. The Morgan fingerprint density at radius 1 is 1.17 bits per heavy atom. The number of carbonyl (C=O) groups is 1. The molecular weight excluding hydrogens is 425 g/mol. The summed E-state index contributed by atoms with van der Waals surface area (Å²) in [5, 5.41) is 0. The number of carbonyl (C=O) groups excluding carboxylic acids is 1. The zero-order chi connectivity index (χ0) is 21.9. The van der Waals surface area contributed by atoms with Crippen LogP contribution in [0.2, 0.25) is 0 Å². The summed E-state index contributed by atoms with van der Waals surface area (Å²) in [4.78, 5) is 13.8. The lowest BCUT2D eigenvalue weighted by atomic mass is 10.0. The number of rotatable bonds is 7. The monoisotopic (exact) mass is 450 g/mol. The summed E-state index contributed by atoms with van der Waals surface area (Å²) in [6.45, 7) is 2.88. The summed E-state index contributed by atoms with van der Waals surface area (Å²) in [7, 11) is -3.85. The molecule has 2 saturated heterocycles. The summed E-state index contributed by atoms with van der Waals surface area (Å²) in [6, 6.07) is 4.09. The molecule has 30 heavy (non-hydrogen) atoms. The Bertz CT molecular complexity index is 837. The van der Waals surface area contributed by atoms with Crippen molar-refractivity contribution in [3.8, 4) is 5.75 Å². The van der Waals surface area contributed by atoms with Crippen LogP contribution in [0.5, 0.6) is 5.75 Å². The number of piperidine rings is 1. The highest BCUT2D eigenvalue weighted by Gasteiger charge is 2.40. The molecular formula is C19H25F3N2O5S. The molecule has 1 unspecified atom stereocenters. The predicted octanol–water partition coefficient (Wildman–Crippen LogP) is 3.75. The predicted molar refractivity (Wildman–Crippen MR) is 101 cm³/mol. The van der Waals surface area contributed by atoms with Crippen molar-refractivity contribution in [2.75, 3.05) is 19.7 Å². The van der Waals surface area contributed by atoms with E-state index < -0.39 is 22.1 Å². The van der Waals surface area contributed by atoms with Gasteiger partial charge in [0.05, 0.1) is 10.9 Å². The van der Waals surface area contributed by atoms with Crippen LogP contribution < -0.4 is 4.74 Å². The molecule has 0 N–H and O–H groups in total. The Morgan fingerprint density at radius 2 is 1.80 bits per heavy atom. The lowest BCUT2D eigenvalue weighted by Crippen LogP contribution is -2.49. The number of sulfonamides is 1. The summed E-state index contributed by atoms with van der Waals surface area (Å²) in [5.74, 6) is -0.481. The Morgan fingerprint density at radius 3 is 2.37 bits per heavy atom. The van der Waals surface area contributed by atoms with Crippen molar-refractivity contribution >= 4 is 16.1 Å². The van der Waals surface area contributed by atoms with E-state index >= 15 is 0 Å². The second-order valence-electron chi connectivity index (χ2n) is 7.43. The molecule has 0 saturated carbocycles. The normalized spacial score (nSPS) is 21.7. The SMILES string of the molecule is CCCCC1COC(=O)N1C1CCN(S(=O)(=O)c2ccc(OC(F)(F)F)cc2)CC1. The number of hydrogen-bond acceptors (Lipinski definition) is 5. The maximum absolute atomic E-state index is 12.8. The van der Waals surface area contributed by atoms with Gasteiger partial charge in [-0.3, -0.25) is 4.90 Å². The fourth-order valence-corrected chi connectivity index (χ4v) is 5.37. The van der Waals surface area contributed by atoms with Crippen LogP contribution in [0, 0.1) is 0 Å². The lowest BCUT2D eigenvalue weighted by molar-refractivity contribution is -0.274. The maximum Gasteiger partial charge on any atom is 0.573 e. The fourth-order valence-electron chi connectivity index (χ4n) is 3.90. The van der Waals surface area contributed by atoms with E-state index in [1.54, 1.807) is 4.90 Å². The van der Waals surface area contributed by atoms with E-state index in [2.05, 4.69) is 11.7 Å². The van der Waals surface area contributed by atoms with Crippen molar-refractivity contribution in [1.29, 1.82) is 0 Å². The van der Waals surface area contributed by atoms with Gasteiger partial charge in [-0.05, 0) is 43.5 Å². The van der Waals surface area contributed by atoms with Crippen molar-refractivity contribution in [3.05, 3.63) is 24.3 Å². The zero-order valence-electron chi connectivity index (χ0n) is 16.6. The van der Waals surface area contributed by atoms with Gasteiger partial charge in [0.2, 0.25) is 10.0 Å².